The third-order valence-electron chi connectivity index (χ3n) is 3.49. The van der Waals surface area contributed by atoms with Gasteiger partial charge >= 0.3 is 0 Å². The molecule has 0 heterocycles. The monoisotopic (exact) mass is 227 g/mol. The molecule has 0 saturated heterocycles. The molecule has 3 atom stereocenters. The lowest BCUT2D eigenvalue weighted by Crippen LogP contribution is -2.30. The quantitative estimate of drug-likeness (QED) is 0.753. The van der Waals surface area contributed by atoms with Crippen LogP contribution in [0, 0.1) is 17.8 Å². The molecule has 2 nitrogen and oxygen atoms in total. The minimum absolute atomic E-state index is 0.517. The topological polar surface area (TPSA) is 21.3 Å². The van der Waals surface area contributed by atoms with Crippen LogP contribution in [0.3, 0.4) is 0 Å². The van der Waals surface area contributed by atoms with E-state index in [1.54, 1.807) is 0 Å². The van der Waals surface area contributed by atoms with Crippen LogP contribution in [0.5, 0.6) is 0 Å². The SMILES string of the molecule is CCNCC(C)COC1CC(C)CC(C)C1. The number of rotatable bonds is 6. The summed E-state index contributed by atoms with van der Waals surface area (Å²) >= 11 is 0. The second-order valence-corrected chi connectivity index (χ2v) is 5.79. The van der Waals surface area contributed by atoms with Gasteiger partial charge < -0.3 is 10.1 Å². The van der Waals surface area contributed by atoms with Crippen LogP contribution in [0.25, 0.3) is 0 Å². The third-order valence-corrected chi connectivity index (χ3v) is 3.49. The van der Waals surface area contributed by atoms with Crippen molar-refractivity contribution in [3.8, 4) is 0 Å². The van der Waals surface area contributed by atoms with Crippen molar-refractivity contribution in [2.24, 2.45) is 17.8 Å². The lowest BCUT2D eigenvalue weighted by molar-refractivity contribution is -0.0130. The Hall–Kier alpha value is -0.0800. The Morgan fingerprint density at radius 2 is 1.81 bits per heavy atom. The van der Waals surface area contributed by atoms with Crippen LogP contribution in [0.2, 0.25) is 0 Å². The van der Waals surface area contributed by atoms with Crippen LogP contribution in [0.15, 0.2) is 0 Å². The van der Waals surface area contributed by atoms with Crippen molar-refractivity contribution in [2.75, 3.05) is 19.7 Å². The first-order valence-electron chi connectivity index (χ1n) is 6.94. The zero-order valence-corrected chi connectivity index (χ0v) is 11.5. The molecule has 96 valence electrons. The number of ether oxygens (including phenoxy) is 1. The molecule has 1 aliphatic rings. The van der Waals surface area contributed by atoms with Crippen LogP contribution >= 0.6 is 0 Å². The highest BCUT2D eigenvalue weighted by Crippen LogP contribution is 2.30. The maximum atomic E-state index is 6.04. The summed E-state index contributed by atoms with van der Waals surface area (Å²) in [7, 11) is 0. The van der Waals surface area contributed by atoms with E-state index in [0.29, 0.717) is 12.0 Å². The van der Waals surface area contributed by atoms with Crippen LogP contribution in [0.4, 0.5) is 0 Å². The second-order valence-electron chi connectivity index (χ2n) is 5.79. The molecule has 1 rings (SSSR count). The van der Waals surface area contributed by atoms with Gasteiger partial charge in [0.2, 0.25) is 0 Å². The highest BCUT2D eigenvalue weighted by molar-refractivity contribution is 4.75. The molecule has 0 aromatic carbocycles. The van der Waals surface area contributed by atoms with Crippen molar-refractivity contribution >= 4 is 0 Å². The molecule has 1 N–H and O–H groups in total. The molecule has 0 amide bonds. The smallest absolute Gasteiger partial charge is 0.0580 e. The van der Waals surface area contributed by atoms with Gasteiger partial charge in [-0.25, -0.2) is 0 Å². The van der Waals surface area contributed by atoms with Crippen molar-refractivity contribution in [1.29, 1.82) is 0 Å². The third kappa shape index (κ3) is 5.31. The van der Waals surface area contributed by atoms with Gasteiger partial charge in [0, 0.05) is 0 Å². The minimum atomic E-state index is 0.517. The van der Waals surface area contributed by atoms with E-state index in [1.807, 2.05) is 0 Å². The van der Waals surface area contributed by atoms with Gasteiger partial charge in [0.15, 0.2) is 0 Å². The summed E-state index contributed by atoms with van der Waals surface area (Å²) in [5, 5.41) is 3.37. The van der Waals surface area contributed by atoms with Crippen molar-refractivity contribution in [1.82, 2.24) is 5.32 Å². The summed E-state index contributed by atoms with van der Waals surface area (Å²) < 4.78 is 6.04. The van der Waals surface area contributed by atoms with Gasteiger partial charge in [-0.3, -0.25) is 0 Å². The minimum Gasteiger partial charge on any atom is -0.378 e. The Labute approximate surface area is 101 Å². The van der Waals surface area contributed by atoms with Crippen LogP contribution < -0.4 is 5.32 Å². The summed E-state index contributed by atoms with van der Waals surface area (Å²) in [5.41, 5.74) is 0. The molecule has 0 spiro atoms. The Balaban J connectivity index is 2.16. The molecule has 0 bridgehead atoms. The highest BCUT2D eigenvalue weighted by atomic mass is 16.5. The van der Waals surface area contributed by atoms with E-state index < -0.39 is 0 Å². The van der Waals surface area contributed by atoms with E-state index in [1.165, 1.54) is 19.3 Å². The van der Waals surface area contributed by atoms with Crippen LogP contribution in [0.1, 0.15) is 47.0 Å². The Kier molecular flexibility index (Phi) is 6.37. The molecular weight excluding hydrogens is 198 g/mol. The van der Waals surface area contributed by atoms with Gasteiger partial charge in [0.25, 0.3) is 0 Å². The zero-order chi connectivity index (χ0) is 12.0. The fourth-order valence-corrected chi connectivity index (χ4v) is 2.76. The predicted molar refractivity (Wildman–Crippen MR) is 69.6 cm³/mol. The van der Waals surface area contributed by atoms with E-state index in [-0.39, 0.29) is 0 Å². The predicted octanol–water partition coefficient (Wildman–Crippen LogP) is 3.07. The summed E-state index contributed by atoms with van der Waals surface area (Å²) in [5.74, 6) is 2.32. The molecule has 0 aromatic heterocycles. The number of nitrogens with one attached hydrogen (secondary N) is 1. The zero-order valence-electron chi connectivity index (χ0n) is 11.5. The standard InChI is InChI=1S/C14H29NO/c1-5-15-9-13(4)10-16-14-7-11(2)6-12(3)8-14/h11-15H,5-10H2,1-4H3. The number of hydrogen-bond donors (Lipinski definition) is 1. The molecular formula is C14H29NO. The van der Waals surface area contributed by atoms with Crippen molar-refractivity contribution in [3.05, 3.63) is 0 Å². The average Bonchev–Trinajstić information content (AvgIpc) is 2.22. The molecule has 16 heavy (non-hydrogen) atoms. The van der Waals surface area contributed by atoms with Crippen molar-refractivity contribution in [3.63, 3.8) is 0 Å². The average molecular weight is 227 g/mol. The van der Waals surface area contributed by atoms with E-state index in [2.05, 4.69) is 33.0 Å². The Bertz CT molecular complexity index is 174. The van der Waals surface area contributed by atoms with Crippen LogP contribution in [-0.4, -0.2) is 25.8 Å². The summed E-state index contributed by atoms with van der Waals surface area (Å²) in [4.78, 5) is 0. The molecule has 0 radical (unpaired) electrons. The van der Waals surface area contributed by atoms with E-state index in [4.69, 9.17) is 4.74 Å². The van der Waals surface area contributed by atoms with Gasteiger partial charge in [-0.15, -0.1) is 0 Å². The van der Waals surface area contributed by atoms with Gasteiger partial charge in [-0.1, -0.05) is 27.7 Å². The van der Waals surface area contributed by atoms with Gasteiger partial charge in [-0.2, -0.15) is 0 Å². The fraction of sp³-hybridized carbons (Fsp3) is 1.00. The maximum absolute atomic E-state index is 6.04. The van der Waals surface area contributed by atoms with Gasteiger partial charge in [0.1, 0.15) is 0 Å². The first-order valence-corrected chi connectivity index (χ1v) is 6.94. The largest absolute Gasteiger partial charge is 0.378 e. The summed E-state index contributed by atoms with van der Waals surface area (Å²) in [6.07, 6.45) is 4.42. The lowest BCUT2D eigenvalue weighted by atomic mass is 9.82. The molecule has 3 unspecified atom stereocenters. The highest BCUT2D eigenvalue weighted by Gasteiger charge is 2.24. The van der Waals surface area contributed by atoms with Gasteiger partial charge in [-0.05, 0) is 50.1 Å². The van der Waals surface area contributed by atoms with E-state index in [0.717, 1.165) is 31.5 Å². The fourth-order valence-electron chi connectivity index (χ4n) is 2.76. The number of hydrogen-bond acceptors (Lipinski definition) is 2. The molecule has 0 aliphatic heterocycles. The first-order chi connectivity index (χ1) is 7.61. The van der Waals surface area contributed by atoms with Gasteiger partial charge in [0.05, 0.1) is 12.7 Å². The normalized spacial score (nSPS) is 32.6. The van der Waals surface area contributed by atoms with Crippen molar-refractivity contribution < 1.29 is 4.74 Å². The summed E-state index contributed by atoms with van der Waals surface area (Å²) in [6.45, 7) is 12.2. The molecule has 0 aromatic rings. The van der Waals surface area contributed by atoms with E-state index in [9.17, 15) is 0 Å². The lowest BCUT2D eigenvalue weighted by Gasteiger charge is -2.32. The molecule has 1 aliphatic carbocycles. The van der Waals surface area contributed by atoms with E-state index >= 15 is 0 Å². The summed E-state index contributed by atoms with van der Waals surface area (Å²) in [6, 6.07) is 0. The molecule has 2 heteroatoms. The Morgan fingerprint density at radius 1 is 1.19 bits per heavy atom. The second kappa shape index (κ2) is 7.29. The first kappa shape index (κ1) is 14.0. The van der Waals surface area contributed by atoms with Crippen molar-refractivity contribution in [2.45, 2.75) is 53.1 Å². The molecule has 1 saturated carbocycles. The molecule has 1 fully saturated rings. The maximum Gasteiger partial charge on any atom is 0.0580 e. The van der Waals surface area contributed by atoms with Crippen LogP contribution in [-0.2, 0) is 4.74 Å². The Morgan fingerprint density at radius 3 is 2.38 bits per heavy atom.